The predicted molar refractivity (Wildman–Crippen MR) is 80.7 cm³/mol. The van der Waals surface area contributed by atoms with Gasteiger partial charge in [0, 0.05) is 0 Å². The average molecular weight is 379 g/mol. The first-order valence-electron chi connectivity index (χ1n) is 4.78. The monoisotopic (exact) mass is 378 g/mol. The summed E-state index contributed by atoms with van der Waals surface area (Å²) in [6, 6.07) is 3.00. The van der Waals surface area contributed by atoms with Crippen LogP contribution in [0.25, 0.3) is 0 Å². The molecule has 2 rings (SSSR count). The van der Waals surface area contributed by atoms with E-state index < -0.39 is 10.0 Å². The van der Waals surface area contributed by atoms with Crippen molar-refractivity contribution in [2.75, 3.05) is 4.72 Å². The van der Waals surface area contributed by atoms with Crippen LogP contribution in [0.2, 0.25) is 0 Å². The summed E-state index contributed by atoms with van der Waals surface area (Å²) < 4.78 is 27.1. The van der Waals surface area contributed by atoms with Crippen molar-refractivity contribution in [1.82, 2.24) is 9.97 Å². The second kappa shape index (κ2) is 5.49. The molecule has 2 aromatic rings. The van der Waals surface area contributed by atoms with Crippen molar-refractivity contribution in [3.05, 3.63) is 34.0 Å². The molecular weight excluding hydrogens is 372 g/mol. The third-order valence-corrected chi connectivity index (χ3v) is 5.67. The van der Waals surface area contributed by atoms with Crippen LogP contribution in [0, 0.1) is 0 Å². The first-order chi connectivity index (χ1) is 8.88. The molecule has 0 saturated heterocycles. The summed E-state index contributed by atoms with van der Waals surface area (Å²) in [7, 11) is -3.70. The lowest BCUT2D eigenvalue weighted by Crippen LogP contribution is -2.12. The second-order valence-corrected chi connectivity index (χ2v) is 7.56. The zero-order chi connectivity index (χ0) is 14.0. The van der Waals surface area contributed by atoms with E-state index in [1.165, 1.54) is 18.5 Å². The molecule has 2 heterocycles. The summed E-state index contributed by atoms with van der Waals surface area (Å²) in [6.45, 7) is 0. The third kappa shape index (κ3) is 3.47. The maximum absolute atomic E-state index is 12.1. The summed E-state index contributed by atoms with van der Waals surface area (Å²) in [5, 5.41) is 0. The number of sulfonamides is 1. The molecule has 0 bridgehead atoms. The van der Waals surface area contributed by atoms with E-state index >= 15 is 0 Å². The van der Waals surface area contributed by atoms with Crippen molar-refractivity contribution in [3.8, 4) is 0 Å². The maximum Gasteiger partial charge on any atom is 0.272 e. The number of nitrogens with zero attached hydrogens (tertiary/aromatic N) is 2. The lowest BCUT2D eigenvalue weighted by atomic mass is 10.5. The Morgan fingerprint density at radius 3 is 2.63 bits per heavy atom. The first-order valence-corrected chi connectivity index (χ1v) is 8.28. The number of rotatable bonds is 4. The van der Waals surface area contributed by atoms with Crippen molar-refractivity contribution >= 4 is 60.3 Å². The molecule has 0 saturated carbocycles. The molecule has 0 aliphatic carbocycles. The fraction of sp³-hybridized carbons (Fsp3) is 0. The highest BCUT2D eigenvalue weighted by Crippen LogP contribution is 2.23. The van der Waals surface area contributed by atoms with Gasteiger partial charge in [0.2, 0.25) is 0 Å². The summed E-state index contributed by atoms with van der Waals surface area (Å²) >= 11 is 8.90. The van der Waals surface area contributed by atoms with Gasteiger partial charge in [-0.15, -0.1) is 11.3 Å². The minimum absolute atomic E-state index is 0.111. The Hall–Kier alpha value is -1.10. The molecule has 0 aromatic carbocycles. The molecule has 19 heavy (non-hydrogen) atoms. The minimum atomic E-state index is -3.70. The van der Waals surface area contributed by atoms with Crippen LogP contribution in [-0.2, 0) is 10.0 Å². The Balaban J connectivity index is 2.26. The molecule has 0 amide bonds. The van der Waals surface area contributed by atoms with E-state index in [0.717, 1.165) is 11.3 Å². The van der Waals surface area contributed by atoms with E-state index in [-0.39, 0.29) is 15.0 Å². The van der Waals surface area contributed by atoms with Crippen LogP contribution < -0.4 is 10.5 Å². The van der Waals surface area contributed by atoms with Gasteiger partial charge in [0.15, 0.2) is 5.82 Å². The van der Waals surface area contributed by atoms with Gasteiger partial charge in [-0.05, 0) is 28.1 Å². The third-order valence-electron chi connectivity index (χ3n) is 1.95. The van der Waals surface area contributed by atoms with Gasteiger partial charge in [0.25, 0.3) is 10.0 Å². The Labute approximate surface area is 127 Å². The van der Waals surface area contributed by atoms with E-state index in [4.69, 9.17) is 18.0 Å². The number of thiocarbonyl (C=S) groups is 1. The van der Waals surface area contributed by atoms with Crippen molar-refractivity contribution in [2.45, 2.75) is 4.21 Å². The van der Waals surface area contributed by atoms with Crippen molar-refractivity contribution in [2.24, 2.45) is 5.73 Å². The Morgan fingerprint density at radius 2 is 2.11 bits per heavy atom. The van der Waals surface area contributed by atoms with Crippen molar-refractivity contribution in [1.29, 1.82) is 0 Å². The molecule has 0 aliphatic rings. The van der Waals surface area contributed by atoms with Crippen LogP contribution >= 0.6 is 39.5 Å². The zero-order valence-electron chi connectivity index (χ0n) is 9.20. The lowest BCUT2D eigenvalue weighted by molar-refractivity contribution is 0.603. The van der Waals surface area contributed by atoms with Gasteiger partial charge in [-0.2, -0.15) is 0 Å². The number of halogens is 1. The molecule has 0 aliphatic heterocycles. The summed E-state index contributed by atoms with van der Waals surface area (Å²) in [5.41, 5.74) is 5.44. The van der Waals surface area contributed by atoms with E-state index in [1.807, 2.05) is 0 Å². The van der Waals surface area contributed by atoms with Crippen LogP contribution in [0.5, 0.6) is 0 Å². The van der Waals surface area contributed by atoms with Crippen LogP contribution in [0.3, 0.4) is 0 Å². The standard InChI is InChI=1S/C9H7BrN4O2S3/c10-6-3-13-7(4-12-6)14-19(15,16)8-2-1-5(18-8)9(11)17/h1-4H,(H2,11,17)(H,13,14). The van der Waals surface area contributed by atoms with Gasteiger partial charge >= 0.3 is 0 Å². The number of aromatic nitrogens is 2. The molecule has 0 spiro atoms. The van der Waals surface area contributed by atoms with E-state index in [0.29, 0.717) is 9.48 Å². The van der Waals surface area contributed by atoms with Crippen molar-refractivity contribution < 1.29 is 8.42 Å². The topological polar surface area (TPSA) is 98.0 Å². The number of nitrogens with one attached hydrogen (secondary N) is 1. The number of thiophene rings is 1. The molecular formula is C9H7BrN4O2S3. The number of hydrogen-bond acceptors (Lipinski definition) is 6. The van der Waals surface area contributed by atoms with Crippen molar-refractivity contribution in [3.63, 3.8) is 0 Å². The summed E-state index contributed by atoms with van der Waals surface area (Å²) in [5.74, 6) is 0.133. The normalized spacial score (nSPS) is 11.2. The largest absolute Gasteiger partial charge is 0.389 e. The highest BCUT2D eigenvalue weighted by Gasteiger charge is 2.18. The van der Waals surface area contributed by atoms with Gasteiger partial charge in [0.05, 0.1) is 17.3 Å². The number of anilines is 1. The predicted octanol–water partition coefficient (Wildman–Crippen LogP) is 1.74. The average Bonchev–Trinajstić information content (AvgIpc) is 2.82. The fourth-order valence-electron chi connectivity index (χ4n) is 1.15. The highest BCUT2D eigenvalue weighted by molar-refractivity contribution is 9.10. The van der Waals surface area contributed by atoms with E-state index in [2.05, 4.69) is 30.6 Å². The molecule has 0 unspecified atom stereocenters. The van der Waals surface area contributed by atoms with E-state index in [1.54, 1.807) is 6.07 Å². The molecule has 6 nitrogen and oxygen atoms in total. The molecule has 2 aromatic heterocycles. The quantitative estimate of drug-likeness (QED) is 0.786. The van der Waals surface area contributed by atoms with Crippen LogP contribution in [0.4, 0.5) is 5.82 Å². The van der Waals surface area contributed by atoms with Gasteiger partial charge in [-0.3, -0.25) is 4.72 Å². The molecule has 0 radical (unpaired) electrons. The van der Waals surface area contributed by atoms with Crippen LogP contribution in [0.15, 0.2) is 33.3 Å². The van der Waals surface area contributed by atoms with Gasteiger partial charge < -0.3 is 5.73 Å². The first kappa shape index (κ1) is 14.3. The highest BCUT2D eigenvalue weighted by atomic mass is 79.9. The SMILES string of the molecule is NC(=S)c1ccc(S(=O)(=O)Nc2cnc(Br)cn2)s1. The lowest BCUT2D eigenvalue weighted by Gasteiger charge is -2.04. The van der Waals surface area contributed by atoms with Gasteiger partial charge in [-0.25, -0.2) is 18.4 Å². The molecule has 10 heteroatoms. The van der Waals surface area contributed by atoms with Crippen LogP contribution in [-0.4, -0.2) is 23.4 Å². The zero-order valence-corrected chi connectivity index (χ0v) is 13.2. The molecule has 3 N–H and O–H groups in total. The maximum atomic E-state index is 12.1. The second-order valence-electron chi connectivity index (χ2n) is 3.31. The molecule has 100 valence electrons. The number of hydrogen-bond donors (Lipinski definition) is 2. The van der Waals surface area contributed by atoms with E-state index in [9.17, 15) is 8.42 Å². The Bertz CT molecular complexity index is 711. The number of nitrogens with two attached hydrogens (primary N) is 1. The smallest absolute Gasteiger partial charge is 0.272 e. The fourth-order valence-corrected chi connectivity index (χ4v) is 3.70. The van der Waals surface area contributed by atoms with Gasteiger partial charge in [-0.1, -0.05) is 12.2 Å². The van der Waals surface area contributed by atoms with Crippen LogP contribution in [0.1, 0.15) is 4.88 Å². The molecule has 0 atom stereocenters. The molecule has 0 fully saturated rings. The Kier molecular flexibility index (Phi) is 4.13. The Morgan fingerprint density at radius 1 is 1.37 bits per heavy atom. The minimum Gasteiger partial charge on any atom is -0.389 e. The summed E-state index contributed by atoms with van der Waals surface area (Å²) in [4.78, 5) is 8.47. The van der Waals surface area contributed by atoms with Gasteiger partial charge in [0.1, 0.15) is 13.8 Å². The summed E-state index contributed by atoms with van der Waals surface area (Å²) in [6.07, 6.45) is 2.70.